The van der Waals surface area contributed by atoms with Crippen molar-refractivity contribution in [1.29, 1.82) is 0 Å². The first kappa shape index (κ1) is 18.3. The van der Waals surface area contributed by atoms with Gasteiger partial charge in [0.2, 0.25) is 9.84 Å². The van der Waals surface area contributed by atoms with Crippen LogP contribution in [0.25, 0.3) is 0 Å². The third kappa shape index (κ3) is 4.37. The maximum absolute atomic E-state index is 12.5. The lowest BCUT2D eigenvalue weighted by Crippen LogP contribution is -2.28. The zero-order valence-electron chi connectivity index (χ0n) is 13.8. The van der Waals surface area contributed by atoms with E-state index in [1.807, 2.05) is 12.1 Å². The van der Waals surface area contributed by atoms with Crippen molar-refractivity contribution in [3.63, 3.8) is 0 Å². The van der Waals surface area contributed by atoms with E-state index < -0.39 is 26.5 Å². The fourth-order valence-corrected chi connectivity index (χ4v) is 3.23. The molecule has 1 saturated carbocycles. The normalized spacial score (nSPS) is 14.3. The van der Waals surface area contributed by atoms with Gasteiger partial charge in [0.15, 0.2) is 0 Å². The first-order chi connectivity index (χ1) is 12.4. The number of hydrogen-bond donors (Lipinski definition) is 2. The van der Waals surface area contributed by atoms with Crippen molar-refractivity contribution in [2.75, 3.05) is 5.32 Å². The number of halogens is 2. The van der Waals surface area contributed by atoms with Crippen LogP contribution >= 0.6 is 0 Å². The van der Waals surface area contributed by atoms with Gasteiger partial charge in [-0.3, -0.25) is 0 Å². The number of nitrogens with one attached hydrogen (secondary N) is 2. The predicted octanol–water partition coefficient (Wildman–Crippen LogP) is 3.88. The molecule has 0 heterocycles. The van der Waals surface area contributed by atoms with Gasteiger partial charge in [0.25, 0.3) is 0 Å². The Morgan fingerprint density at radius 1 is 1.04 bits per heavy atom. The lowest BCUT2D eigenvalue weighted by Gasteiger charge is -2.09. The van der Waals surface area contributed by atoms with Gasteiger partial charge in [-0.05, 0) is 54.2 Å². The van der Waals surface area contributed by atoms with Crippen LogP contribution in [0, 0.1) is 0 Å². The number of amides is 2. The zero-order chi connectivity index (χ0) is 18.7. The highest BCUT2D eigenvalue weighted by Gasteiger charge is 2.26. The Morgan fingerprint density at radius 2 is 1.65 bits per heavy atom. The molecule has 0 aromatic heterocycles. The Labute approximate surface area is 150 Å². The summed E-state index contributed by atoms with van der Waals surface area (Å²) in [5.41, 5.74) is 2.58. The Morgan fingerprint density at radius 3 is 2.19 bits per heavy atom. The molecule has 0 saturated heterocycles. The van der Waals surface area contributed by atoms with Crippen LogP contribution in [0.5, 0.6) is 0 Å². The highest BCUT2D eigenvalue weighted by atomic mass is 32.2. The Balaban J connectivity index is 1.53. The van der Waals surface area contributed by atoms with E-state index in [0.717, 1.165) is 17.7 Å². The number of urea groups is 1. The van der Waals surface area contributed by atoms with Gasteiger partial charge in [0.1, 0.15) is 0 Å². The van der Waals surface area contributed by atoms with E-state index in [9.17, 15) is 22.0 Å². The molecule has 2 amide bonds. The molecule has 1 aliphatic rings. The molecule has 5 nitrogen and oxygen atoms in total. The first-order valence-corrected chi connectivity index (χ1v) is 9.67. The average Bonchev–Trinajstić information content (AvgIpc) is 3.46. The van der Waals surface area contributed by atoms with Crippen molar-refractivity contribution in [2.45, 2.75) is 36.0 Å². The quantitative estimate of drug-likeness (QED) is 0.799. The highest BCUT2D eigenvalue weighted by molar-refractivity contribution is 7.91. The Kier molecular flexibility index (Phi) is 5.22. The standard InChI is InChI=1S/C18H18F2N2O3S/c19-17(20)26(24,25)16-9-7-15(8-10-16)22-18(23)21-11-12-1-3-13(4-2-12)14-5-6-14/h1-4,7-10,14,17H,5-6,11H2,(H2,21,22,23). The van der Waals surface area contributed by atoms with Gasteiger partial charge < -0.3 is 10.6 Å². The van der Waals surface area contributed by atoms with Crippen molar-refractivity contribution >= 4 is 21.6 Å². The number of hydrogen-bond acceptors (Lipinski definition) is 3. The molecule has 2 N–H and O–H groups in total. The second-order valence-electron chi connectivity index (χ2n) is 6.15. The van der Waals surface area contributed by atoms with Gasteiger partial charge in [-0.1, -0.05) is 24.3 Å². The van der Waals surface area contributed by atoms with Gasteiger partial charge in [-0.2, -0.15) is 8.78 Å². The van der Waals surface area contributed by atoms with Gasteiger partial charge in [-0.15, -0.1) is 0 Å². The Bertz CT molecular complexity index is 878. The summed E-state index contributed by atoms with van der Waals surface area (Å²) in [4.78, 5) is 11.4. The van der Waals surface area contributed by atoms with E-state index in [1.54, 1.807) is 0 Å². The zero-order valence-corrected chi connectivity index (χ0v) is 14.6. The summed E-state index contributed by atoms with van der Waals surface area (Å²) in [5.74, 6) is -2.80. The number of carbonyl (C=O) groups excluding carboxylic acids is 1. The number of sulfone groups is 1. The molecule has 8 heteroatoms. The molecule has 1 aliphatic carbocycles. The second kappa shape index (κ2) is 7.41. The van der Waals surface area contributed by atoms with Gasteiger partial charge in [-0.25, -0.2) is 13.2 Å². The molecule has 0 unspecified atom stereocenters. The van der Waals surface area contributed by atoms with Crippen LogP contribution in [0.15, 0.2) is 53.4 Å². The van der Waals surface area contributed by atoms with E-state index in [1.165, 1.54) is 30.5 Å². The summed E-state index contributed by atoms with van der Waals surface area (Å²) in [6.07, 6.45) is 2.47. The molecule has 2 aromatic carbocycles. The van der Waals surface area contributed by atoms with E-state index >= 15 is 0 Å². The third-order valence-electron chi connectivity index (χ3n) is 4.16. The van der Waals surface area contributed by atoms with E-state index in [4.69, 9.17) is 0 Å². The van der Waals surface area contributed by atoms with Crippen LogP contribution in [0.1, 0.15) is 29.9 Å². The summed E-state index contributed by atoms with van der Waals surface area (Å²) in [6, 6.07) is 12.2. The lowest BCUT2D eigenvalue weighted by molar-refractivity contribution is 0.234. The first-order valence-electron chi connectivity index (χ1n) is 8.12. The smallest absolute Gasteiger partial charge is 0.334 e. The number of carbonyl (C=O) groups is 1. The van der Waals surface area contributed by atoms with E-state index in [-0.39, 0.29) is 0 Å². The van der Waals surface area contributed by atoms with Crippen LogP contribution in [0.4, 0.5) is 19.3 Å². The summed E-state index contributed by atoms with van der Waals surface area (Å²) in [6.45, 7) is 0.342. The number of rotatable bonds is 6. The molecule has 2 aromatic rings. The molecule has 26 heavy (non-hydrogen) atoms. The molecular weight excluding hydrogens is 362 g/mol. The van der Waals surface area contributed by atoms with Gasteiger partial charge in [0.05, 0.1) is 4.90 Å². The number of anilines is 1. The van der Waals surface area contributed by atoms with Crippen LogP contribution in [0.2, 0.25) is 0 Å². The van der Waals surface area contributed by atoms with Crippen molar-refractivity contribution in [3.05, 3.63) is 59.7 Å². The maximum atomic E-state index is 12.5. The topological polar surface area (TPSA) is 75.3 Å². The minimum Gasteiger partial charge on any atom is -0.334 e. The molecule has 0 aliphatic heterocycles. The van der Waals surface area contributed by atoms with E-state index in [0.29, 0.717) is 18.2 Å². The third-order valence-corrected chi connectivity index (χ3v) is 5.56. The maximum Gasteiger partial charge on any atom is 0.341 e. The van der Waals surface area contributed by atoms with Crippen LogP contribution in [-0.2, 0) is 16.4 Å². The van der Waals surface area contributed by atoms with Gasteiger partial charge in [0, 0.05) is 12.2 Å². The highest BCUT2D eigenvalue weighted by Crippen LogP contribution is 2.39. The van der Waals surface area contributed by atoms with Crippen molar-refractivity contribution in [3.8, 4) is 0 Å². The van der Waals surface area contributed by atoms with Crippen molar-refractivity contribution < 1.29 is 22.0 Å². The average molecular weight is 380 g/mol. The largest absolute Gasteiger partial charge is 0.341 e. The summed E-state index contributed by atoms with van der Waals surface area (Å²) < 4.78 is 47.6. The summed E-state index contributed by atoms with van der Waals surface area (Å²) in [7, 11) is -4.64. The second-order valence-corrected chi connectivity index (χ2v) is 8.07. The molecule has 0 radical (unpaired) electrons. The molecule has 0 bridgehead atoms. The number of alkyl halides is 2. The van der Waals surface area contributed by atoms with Crippen molar-refractivity contribution in [1.82, 2.24) is 5.32 Å². The predicted molar refractivity (Wildman–Crippen MR) is 93.9 cm³/mol. The fraction of sp³-hybridized carbons (Fsp3) is 0.278. The van der Waals surface area contributed by atoms with E-state index in [2.05, 4.69) is 22.8 Å². The van der Waals surface area contributed by atoms with Gasteiger partial charge >= 0.3 is 11.8 Å². The molecule has 1 fully saturated rings. The molecule has 0 spiro atoms. The SMILES string of the molecule is O=C(NCc1ccc(C2CC2)cc1)Nc1ccc(S(=O)(=O)C(F)F)cc1. The molecule has 138 valence electrons. The number of benzene rings is 2. The molecule has 0 atom stereocenters. The minimum absolute atomic E-state index is 0.305. The lowest BCUT2D eigenvalue weighted by atomic mass is 10.1. The molecule has 3 rings (SSSR count). The van der Waals surface area contributed by atoms with Crippen LogP contribution in [0.3, 0.4) is 0 Å². The summed E-state index contributed by atoms with van der Waals surface area (Å²) >= 11 is 0. The Hall–Kier alpha value is -2.48. The monoisotopic (exact) mass is 380 g/mol. The van der Waals surface area contributed by atoms with Crippen LogP contribution in [-0.4, -0.2) is 20.2 Å². The minimum atomic E-state index is -4.64. The van der Waals surface area contributed by atoms with Crippen LogP contribution < -0.4 is 10.6 Å². The summed E-state index contributed by atoms with van der Waals surface area (Å²) in [5, 5.41) is 5.21. The fourth-order valence-electron chi connectivity index (χ4n) is 2.51. The molecular formula is C18H18F2N2O3S. The van der Waals surface area contributed by atoms with Crippen molar-refractivity contribution in [2.24, 2.45) is 0 Å².